The molecule has 2 N–H and O–H groups in total. The number of aryl methyl sites for hydroxylation is 1. The zero-order chi connectivity index (χ0) is 21.9. The number of aliphatic imine (C=N–C) groups is 1. The van der Waals surface area contributed by atoms with Crippen LogP contribution in [0.4, 0.5) is 13.2 Å². The highest BCUT2D eigenvalue weighted by Crippen LogP contribution is 2.23. The minimum Gasteiger partial charge on any atom is -0.491 e. The number of benzene rings is 2. The average molecular weight is 553 g/mol. The van der Waals surface area contributed by atoms with Crippen LogP contribution in [0.3, 0.4) is 0 Å². The van der Waals surface area contributed by atoms with Crippen LogP contribution in [-0.4, -0.2) is 39.9 Å². The van der Waals surface area contributed by atoms with Gasteiger partial charge in [-0.2, -0.15) is 8.78 Å². The highest BCUT2D eigenvalue weighted by Gasteiger charge is 2.14. The van der Waals surface area contributed by atoms with E-state index in [0.29, 0.717) is 25.7 Å². The minimum atomic E-state index is -3.04. The van der Waals surface area contributed by atoms with Crippen LogP contribution >= 0.6 is 24.0 Å². The number of hydrogen-bond acceptors (Lipinski definition) is 4. The Morgan fingerprint density at radius 2 is 1.81 bits per heavy atom. The number of nitrogens with zero attached hydrogens (tertiary/aromatic N) is 1. The summed E-state index contributed by atoms with van der Waals surface area (Å²) in [5, 5.41) is 6.01. The van der Waals surface area contributed by atoms with E-state index in [0.717, 1.165) is 16.9 Å². The molecule has 0 aliphatic heterocycles. The largest absolute Gasteiger partial charge is 0.491 e. The van der Waals surface area contributed by atoms with Crippen LogP contribution in [0.2, 0.25) is 0 Å². The van der Waals surface area contributed by atoms with E-state index in [1.54, 1.807) is 14.2 Å². The van der Waals surface area contributed by atoms with E-state index in [-0.39, 0.29) is 41.8 Å². The van der Waals surface area contributed by atoms with Gasteiger partial charge in [0, 0.05) is 38.4 Å². The molecular formula is C21H27F3IN3O3. The van der Waals surface area contributed by atoms with Gasteiger partial charge in [0.1, 0.15) is 23.9 Å². The van der Waals surface area contributed by atoms with E-state index in [1.807, 2.05) is 25.1 Å². The van der Waals surface area contributed by atoms with Gasteiger partial charge in [0.25, 0.3) is 0 Å². The van der Waals surface area contributed by atoms with E-state index in [1.165, 1.54) is 18.2 Å². The molecule has 0 bridgehead atoms. The van der Waals surface area contributed by atoms with E-state index >= 15 is 0 Å². The van der Waals surface area contributed by atoms with Crippen molar-refractivity contribution in [3.63, 3.8) is 0 Å². The highest BCUT2D eigenvalue weighted by molar-refractivity contribution is 14.0. The third kappa shape index (κ3) is 8.82. The summed E-state index contributed by atoms with van der Waals surface area (Å²) in [5.41, 5.74) is 1.94. The molecule has 0 radical (unpaired) electrons. The summed E-state index contributed by atoms with van der Waals surface area (Å²) in [7, 11) is 3.16. The zero-order valence-corrected chi connectivity index (χ0v) is 19.9. The lowest BCUT2D eigenvalue weighted by molar-refractivity contribution is -0.0506. The van der Waals surface area contributed by atoms with E-state index in [4.69, 9.17) is 9.47 Å². The summed E-state index contributed by atoms with van der Waals surface area (Å²) in [5.74, 6) is 0.213. The Bertz CT molecular complexity index is 854. The summed E-state index contributed by atoms with van der Waals surface area (Å²) in [6.07, 6.45) is 0. The van der Waals surface area contributed by atoms with Crippen molar-refractivity contribution in [1.29, 1.82) is 0 Å². The zero-order valence-electron chi connectivity index (χ0n) is 17.6. The maximum Gasteiger partial charge on any atom is 0.387 e. The monoisotopic (exact) mass is 553 g/mol. The van der Waals surface area contributed by atoms with Crippen molar-refractivity contribution in [2.75, 3.05) is 27.4 Å². The van der Waals surface area contributed by atoms with Gasteiger partial charge in [-0.25, -0.2) is 4.39 Å². The smallest absolute Gasteiger partial charge is 0.387 e. The lowest BCUT2D eigenvalue weighted by Gasteiger charge is -2.17. The molecule has 0 saturated carbocycles. The van der Waals surface area contributed by atoms with E-state index in [9.17, 15) is 13.2 Å². The Labute approximate surface area is 197 Å². The maximum atomic E-state index is 14.1. The number of ether oxygens (including phenoxy) is 3. The molecule has 0 unspecified atom stereocenters. The number of alkyl halides is 2. The molecule has 31 heavy (non-hydrogen) atoms. The Morgan fingerprint density at radius 3 is 2.48 bits per heavy atom. The van der Waals surface area contributed by atoms with Crippen LogP contribution in [0.25, 0.3) is 0 Å². The molecule has 10 heteroatoms. The molecule has 0 fully saturated rings. The normalized spacial score (nSPS) is 11.1. The molecule has 0 amide bonds. The first-order valence-corrected chi connectivity index (χ1v) is 9.32. The summed E-state index contributed by atoms with van der Waals surface area (Å²) in [4.78, 5) is 4.08. The molecule has 0 spiro atoms. The van der Waals surface area contributed by atoms with Gasteiger partial charge in [-0.05, 0) is 30.7 Å². The fourth-order valence-corrected chi connectivity index (χ4v) is 2.67. The number of guanidine groups is 1. The predicted octanol–water partition coefficient (Wildman–Crippen LogP) is 4.24. The Kier molecular flexibility index (Phi) is 12.1. The van der Waals surface area contributed by atoms with Crippen molar-refractivity contribution in [2.24, 2.45) is 4.99 Å². The van der Waals surface area contributed by atoms with Gasteiger partial charge in [0.05, 0.1) is 6.61 Å². The van der Waals surface area contributed by atoms with E-state index < -0.39 is 12.4 Å². The highest BCUT2D eigenvalue weighted by atomic mass is 127. The summed E-state index contributed by atoms with van der Waals surface area (Å²) in [6.45, 7) is 0.116. The lowest BCUT2D eigenvalue weighted by Crippen LogP contribution is -2.36. The first kappa shape index (κ1) is 26.8. The number of rotatable bonds is 10. The SMILES string of the molecule is CN=C(NCc1ccc(C)cc1OCCOC)NCc1c(F)cccc1OC(F)F.I. The van der Waals surface area contributed by atoms with Gasteiger partial charge in [0.2, 0.25) is 0 Å². The molecule has 0 saturated heterocycles. The molecular weight excluding hydrogens is 526 g/mol. The van der Waals surface area contributed by atoms with Gasteiger partial charge < -0.3 is 24.8 Å². The van der Waals surface area contributed by atoms with Crippen molar-refractivity contribution >= 4 is 29.9 Å². The van der Waals surface area contributed by atoms with Crippen molar-refractivity contribution in [3.8, 4) is 11.5 Å². The van der Waals surface area contributed by atoms with Crippen LogP contribution in [0.15, 0.2) is 41.4 Å². The molecule has 0 aliphatic carbocycles. The Balaban J connectivity index is 0.00000480. The maximum absolute atomic E-state index is 14.1. The van der Waals surface area contributed by atoms with Gasteiger partial charge in [-0.3, -0.25) is 4.99 Å². The van der Waals surface area contributed by atoms with Crippen LogP contribution in [0.1, 0.15) is 16.7 Å². The first-order chi connectivity index (χ1) is 14.4. The van der Waals surface area contributed by atoms with Gasteiger partial charge >= 0.3 is 6.61 Å². The quantitative estimate of drug-likeness (QED) is 0.200. The molecule has 0 atom stereocenters. The fraction of sp³-hybridized carbons (Fsp3) is 0.381. The van der Waals surface area contributed by atoms with Crippen LogP contribution < -0.4 is 20.1 Å². The van der Waals surface area contributed by atoms with Gasteiger partial charge in [0.15, 0.2) is 5.96 Å². The predicted molar refractivity (Wildman–Crippen MR) is 124 cm³/mol. The van der Waals surface area contributed by atoms with Crippen molar-refractivity contribution in [2.45, 2.75) is 26.6 Å². The number of halogens is 4. The summed E-state index contributed by atoms with van der Waals surface area (Å²) in [6, 6.07) is 9.61. The molecule has 172 valence electrons. The molecule has 2 aromatic carbocycles. The van der Waals surface area contributed by atoms with Crippen molar-refractivity contribution in [3.05, 3.63) is 58.9 Å². The molecule has 0 heterocycles. The average Bonchev–Trinajstić information content (AvgIpc) is 2.70. The number of methoxy groups -OCH3 is 1. The third-order valence-electron chi connectivity index (χ3n) is 4.16. The van der Waals surface area contributed by atoms with Gasteiger partial charge in [-0.1, -0.05) is 18.2 Å². The van der Waals surface area contributed by atoms with Crippen LogP contribution in [0, 0.1) is 12.7 Å². The molecule has 0 aromatic heterocycles. The van der Waals surface area contributed by atoms with Crippen molar-refractivity contribution < 1.29 is 27.4 Å². The van der Waals surface area contributed by atoms with Gasteiger partial charge in [-0.15, -0.1) is 24.0 Å². The molecule has 2 rings (SSSR count). The Hall–Kier alpha value is -2.21. The lowest BCUT2D eigenvalue weighted by atomic mass is 10.1. The fourth-order valence-electron chi connectivity index (χ4n) is 2.67. The first-order valence-electron chi connectivity index (χ1n) is 9.32. The third-order valence-corrected chi connectivity index (χ3v) is 4.16. The molecule has 2 aromatic rings. The summed E-state index contributed by atoms with van der Waals surface area (Å²) < 4.78 is 54.4. The Morgan fingerprint density at radius 1 is 1.06 bits per heavy atom. The standard InChI is InChI=1S/C21H26F3N3O3.HI/c1-14-7-8-15(19(11-14)29-10-9-28-3)12-26-21(25-2)27-13-16-17(22)5-4-6-18(16)30-20(23)24;/h4-8,11,20H,9-10,12-13H2,1-3H3,(H2,25,26,27);1H. The van der Waals surface area contributed by atoms with Crippen LogP contribution in [0.5, 0.6) is 11.5 Å². The van der Waals surface area contributed by atoms with Crippen molar-refractivity contribution in [1.82, 2.24) is 10.6 Å². The summed E-state index contributed by atoms with van der Waals surface area (Å²) >= 11 is 0. The second kappa shape index (κ2) is 14.0. The molecule has 6 nitrogen and oxygen atoms in total. The van der Waals surface area contributed by atoms with Crippen LogP contribution in [-0.2, 0) is 17.8 Å². The topological polar surface area (TPSA) is 64.1 Å². The van der Waals surface area contributed by atoms with E-state index in [2.05, 4.69) is 20.4 Å². The second-order valence-electron chi connectivity index (χ2n) is 6.33. The molecule has 0 aliphatic rings. The minimum absolute atomic E-state index is 0. The number of nitrogens with one attached hydrogen (secondary N) is 2. The number of hydrogen-bond donors (Lipinski definition) is 2. The second-order valence-corrected chi connectivity index (χ2v) is 6.33.